The van der Waals surface area contributed by atoms with E-state index in [1.165, 1.54) is 18.0 Å². The predicted molar refractivity (Wildman–Crippen MR) is 89.1 cm³/mol. The molecule has 0 aliphatic rings. The number of aromatic nitrogens is 2. The summed E-state index contributed by atoms with van der Waals surface area (Å²) in [4.78, 5) is 19.8. The molecule has 3 N–H and O–H groups in total. The van der Waals surface area contributed by atoms with Crippen LogP contribution in [-0.2, 0) is 4.74 Å². The third-order valence-electron chi connectivity index (χ3n) is 3.10. The standard InChI is InChI=1S/C16H19N3O3S/c1-2-22-15(21)12-10-18-16(19-14(12)17)23-9-8-13(20)11-6-4-3-5-7-11/h3-7,10,13,20H,2,8-9H2,1H3,(H2,17,18,19)/t13-/m0/s1. The maximum Gasteiger partial charge on any atom is 0.343 e. The summed E-state index contributed by atoms with van der Waals surface area (Å²) in [5.74, 6) is 0.208. The van der Waals surface area contributed by atoms with E-state index in [0.29, 0.717) is 17.3 Å². The van der Waals surface area contributed by atoms with Crippen LogP contribution in [0.25, 0.3) is 0 Å². The monoisotopic (exact) mass is 333 g/mol. The molecule has 0 radical (unpaired) electrons. The molecule has 6 nitrogen and oxygen atoms in total. The number of carbonyl (C=O) groups is 1. The summed E-state index contributed by atoms with van der Waals surface area (Å²) in [6.07, 6.45) is 1.41. The second kappa shape index (κ2) is 8.50. The Kier molecular flexibility index (Phi) is 6.37. The van der Waals surface area contributed by atoms with Crippen molar-refractivity contribution in [3.63, 3.8) is 0 Å². The third-order valence-corrected chi connectivity index (χ3v) is 3.99. The van der Waals surface area contributed by atoms with Crippen LogP contribution in [0.3, 0.4) is 0 Å². The van der Waals surface area contributed by atoms with Gasteiger partial charge < -0.3 is 15.6 Å². The first kappa shape index (κ1) is 17.2. The van der Waals surface area contributed by atoms with Gasteiger partial charge in [-0.15, -0.1) is 0 Å². The average molecular weight is 333 g/mol. The molecule has 1 aromatic carbocycles. The van der Waals surface area contributed by atoms with Gasteiger partial charge in [-0.3, -0.25) is 0 Å². The summed E-state index contributed by atoms with van der Waals surface area (Å²) >= 11 is 1.38. The lowest BCUT2D eigenvalue weighted by molar-refractivity contribution is 0.0526. The van der Waals surface area contributed by atoms with E-state index in [2.05, 4.69) is 9.97 Å². The Morgan fingerprint density at radius 1 is 1.39 bits per heavy atom. The molecular formula is C16H19N3O3S. The predicted octanol–water partition coefficient (Wildman–Crippen LogP) is 2.45. The van der Waals surface area contributed by atoms with Crippen molar-refractivity contribution in [2.75, 3.05) is 18.1 Å². The number of rotatable bonds is 7. The van der Waals surface area contributed by atoms with E-state index in [0.717, 1.165) is 5.56 Å². The number of thioether (sulfide) groups is 1. The van der Waals surface area contributed by atoms with Crippen LogP contribution in [0.1, 0.15) is 35.4 Å². The number of benzene rings is 1. The Morgan fingerprint density at radius 3 is 2.78 bits per heavy atom. The molecule has 0 saturated heterocycles. The summed E-state index contributed by atoms with van der Waals surface area (Å²) < 4.78 is 4.87. The minimum absolute atomic E-state index is 0.101. The largest absolute Gasteiger partial charge is 0.462 e. The van der Waals surface area contributed by atoms with Gasteiger partial charge in [-0.25, -0.2) is 14.8 Å². The molecular weight excluding hydrogens is 314 g/mol. The van der Waals surface area contributed by atoms with E-state index < -0.39 is 12.1 Å². The number of esters is 1. The van der Waals surface area contributed by atoms with Crippen LogP contribution in [0.4, 0.5) is 5.82 Å². The van der Waals surface area contributed by atoms with Gasteiger partial charge in [0.05, 0.1) is 12.7 Å². The molecule has 23 heavy (non-hydrogen) atoms. The van der Waals surface area contributed by atoms with Gasteiger partial charge in [0.2, 0.25) is 0 Å². The van der Waals surface area contributed by atoms with Crippen molar-refractivity contribution in [3.8, 4) is 0 Å². The maximum atomic E-state index is 11.6. The molecule has 0 spiro atoms. The van der Waals surface area contributed by atoms with Crippen molar-refractivity contribution in [1.29, 1.82) is 0 Å². The minimum atomic E-state index is -0.528. The quantitative estimate of drug-likeness (QED) is 0.456. The van der Waals surface area contributed by atoms with Crippen molar-refractivity contribution in [2.24, 2.45) is 0 Å². The number of nitrogens with two attached hydrogens (primary N) is 1. The van der Waals surface area contributed by atoms with Crippen molar-refractivity contribution in [1.82, 2.24) is 9.97 Å². The lowest BCUT2D eigenvalue weighted by atomic mass is 10.1. The fourth-order valence-electron chi connectivity index (χ4n) is 1.92. The number of aliphatic hydroxyl groups excluding tert-OH is 1. The average Bonchev–Trinajstić information content (AvgIpc) is 2.56. The lowest BCUT2D eigenvalue weighted by Crippen LogP contribution is -2.10. The Hall–Kier alpha value is -2.12. The number of ether oxygens (including phenoxy) is 1. The molecule has 0 unspecified atom stereocenters. The van der Waals surface area contributed by atoms with Crippen LogP contribution in [0.5, 0.6) is 0 Å². The first-order chi connectivity index (χ1) is 11.1. The van der Waals surface area contributed by atoms with Crippen LogP contribution in [0.2, 0.25) is 0 Å². The first-order valence-corrected chi connectivity index (χ1v) is 8.25. The number of hydrogen-bond acceptors (Lipinski definition) is 7. The van der Waals surface area contributed by atoms with Crippen LogP contribution in [-0.4, -0.2) is 33.4 Å². The van der Waals surface area contributed by atoms with Gasteiger partial charge in [0.25, 0.3) is 0 Å². The first-order valence-electron chi connectivity index (χ1n) is 7.27. The topological polar surface area (TPSA) is 98.3 Å². The summed E-state index contributed by atoms with van der Waals surface area (Å²) in [7, 11) is 0. The highest BCUT2D eigenvalue weighted by Gasteiger charge is 2.14. The Balaban J connectivity index is 1.89. The molecule has 1 atom stereocenters. The normalized spacial score (nSPS) is 11.9. The van der Waals surface area contributed by atoms with E-state index in [9.17, 15) is 9.90 Å². The van der Waals surface area contributed by atoms with Gasteiger partial charge in [0.15, 0.2) is 5.16 Å². The zero-order valence-electron chi connectivity index (χ0n) is 12.8. The van der Waals surface area contributed by atoms with E-state index in [-0.39, 0.29) is 18.0 Å². The summed E-state index contributed by atoms with van der Waals surface area (Å²) in [5, 5.41) is 10.6. The number of nitrogens with zero attached hydrogens (tertiary/aromatic N) is 2. The molecule has 0 fully saturated rings. The SMILES string of the molecule is CCOC(=O)c1cnc(SCC[C@H](O)c2ccccc2)nc1N. The Morgan fingerprint density at radius 2 is 2.13 bits per heavy atom. The fraction of sp³-hybridized carbons (Fsp3) is 0.312. The number of hydrogen-bond donors (Lipinski definition) is 2. The van der Waals surface area contributed by atoms with Gasteiger partial charge in [0.1, 0.15) is 11.4 Å². The van der Waals surface area contributed by atoms with Gasteiger partial charge in [-0.2, -0.15) is 0 Å². The highest BCUT2D eigenvalue weighted by molar-refractivity contribution is 7.99. The molecule has 0 aliphatic carbocycles. The second-order valence-electron chi connectivity index (χ2n) is 4.74. The van der Waals surface area contributed by atoms with Gasteiger partial charge in [-0.1, -0.05) is 42.1 Å². The molecule has 122 valence electrons. The zero-order valence-corrected chi connectivity index (χ0v) is 13.6. The molecule has 1 aromatic heterocycles. The highest BCUT2D eigenvalue weighted by Crippen LogP contribution is 2.22. The van der Waals surface area contributed by atoms with E-state index >= 15 is 0 Å². The van der Waals surface area contributed by atoms with E-state index in [1.807, 2.05) is 30.3 Å². The van der Waals surface area contributed by atoms with Crippen LogP contribution >= 0.6 is 11.8 Å². The zero-order chi connectivity index (χ0) is 16.7. The highest BCUT2D eigenvalue weighted by atomic mass is 32.2. The lowest BCUT2D eigenvalue weighted by Gasteiger charge is -2.10. The smallest absolute Gasteiger partial charge is 0.343 e. The van der Waals surface area contributed by atoms with Crippen molar-refractivity contribution in [3.05, 3.63) is 47.7 Å². The summed E-state index contributed by atoms with van der Waals surface area (Å²) in [6.45, 7) is 1.99. The van der Waals surface area contributed by atoms with Crippen molar-refractivity contribution >= 4 is 23.5 Å². The molecule has 0 amide bonds. The maximum absolute atomic E-state index is 11.6. The molecule has 2 aromatic rings. The molecule has 0 aliphatic heterocycles. The second-order valence-corrected chi connectivity index (χ2v) is 5.80. The van der Waals surface area contributed by atoms with Crippen LogP contribution in [0, 0.1) is 0 Å². The van der Waals surface area contributed by atoms with Gasteiger partial charge in [-0.05, 0) is 18.9 Å². The number of anilines is 1. The van der Waals surface area contributed by atoms with Crippen molar-refractivity contribution in [2.45, 2.75) is 24.6 Å². The number of aliphatic hydroxyl groups is 1. The number of carbonyl (C=O) groups excluding carboxylic acids is 1. The molecule has 7 heteroatoms. The van der Waals surface area contributed by atoms with Crippen LogP contribution in [0.15, 0.2) is 41.7 Å². The van der Waals surface area contributed by atoms with E-state index in [4.69, 9.17) is 10.5 Å². The number of nitrogen functional groups attached to an aromatic ring is 1. The molecule has 2 rings (SSSR count). The minimum Gasteiger partial charge on any atom is -0.462 e. The Bertz CT molecular complexity index is 652. The molecule has 0 bridgehead atoms. The van der Waals surface area contributed by atoms with Crippen molar-refractivity contribution < 1.29 is 14.6 Å². The van der Waals surface area contributed by atoms with Crippen LogP contribution < -0.4 is 5.73 Å². The molecule has 1 heterocycles. The van der Waals surface area contributed by atoms with Gasteiger partial charge in [0, 0.05) is 11.9 Å². The van der Waals surface area contributed by atoms with Gasteiger partial charge >= 0.3 is 5.97 Å². The third kappa shape index (κ3) is 4.94. The fourth-order valence-corrected chi connectivity index (χ4v) is 2.73. The Labute approximate surface area is 139 Å². The summed E-state index contributed by atoms with van der Waals surface area (Å²) in [5.41, 5.74) is 6.81. The summed E-state index contributed by atoms with van der Waals surface area (Å²) in [6, 6.07) is 9.47. The van der Waals surface area contributed by atoms with E-state index in [1.54, 1.807) is 6.92 Å². The molecule has 0 saturated carbocycles.